The van der Waals surface area contributed by atoms with E-state index in [2.05, 4.69) is 17.3 Å². The first kappa shape index (κ1) is 13.1. The fourth-order valence-corrected chi connectivity index (χ4v) is 2.30. The van der Waals surface area contributed by atoms with E-state index in [1.807, 2.05) is 21.8 Å². The van der Waals surface area contributed by atoms with Crippen LogP contribution in [0.15, 0.2) is 12.3 Å². The monoisotopic (exact) mass is 250 g/mol. The lowest BCUT2D eigenvalue weighted by atomic mass is 10.4. The second-order valence-electron chi connectivity index (χ2n) is 4.74. The maximum atomic E-state index is 11.8. The van der Waals surface area contributed by atoms with Crippen LogP contribution in [-0.4, -0.2) is 40.2 Å². The Hall–Kier alpha value is -1.36. The molecule has 0 radical (unpaired) electrons. The second kappa shape index (κ2) is 6.54. The Kier molecular flexibility index (Phi) is 4.75. The molecule has 1 aromatic heterocycles. The van der Waals surface area contributed by atoms with Gasteiger partial charge in [0.15, 0.2) is 0 Å². The lowest BCUT2D eigenvalue weighted by Gasteiger charge is -2.15. The van der Waals surface area contributed by atoms with E-state index in [4.69, 9.17) is 0 Å². The van der Waals surface area contributed by atoms with Crippen LogP contribution >= 0.6 is 0 Å². The van der Waals surface area contributed by atoms with E-state index in [0.29, 0.717) is 13.1 Å². The van der Waals surface area contributed by atoms with Crippen LogP contribution in [0.4, 0.5) is 0 Å². The molecule has 5 nitrogen and oxygen atoms in total. The number of carbonyl (C=O) groups excluding carboxylic acids is 1. The van der Waals surface area contributed by atoms with Crippen molar-refractivity contribution in [1.29, 1.82) is 0 Å². The van der Waals surface area contributed by atoms with Gasteiger partial charge in [-0.05, 0) is 25.3 Å². The lowest BCUT2D eigenvalue weighted by molar-refractivity contribution is -0.129. The van der Waals surface area contributed by atoms with Crippen LogP contribution in [0.2, 0.25) is 0 Å². The Balaban J connectivity index is 1.74. The topological polar surface area (TPSA) is 50.2 Å². The lowest BCUT2D eigenvalue weighted by Crippen LogP contribution is -2.36. The minimum absolute atomic E-state index is 0.217. The van der Waals surface area contributed by atoms with Crippen LogP contribution < -0.4 is 5.32 Å². The fourth-order valence-electron chi connectivity index (χ4n) is 2.30. The van der Waals surface area contributed by atoms with Gasteiger partial charge in [0.2, 0.25) is 5.91 Å². The Morgan fingerprint density at radius 2 is 2.22 bits per heavy atom. The van der Waals surface area contributed by atoms with Crippen LogP contribution in [-0.2, 0) is 17.9 Å². The average Bonchev–Trinajstić information content (AvgIpc) is 3.01. The minimum atomic E-state index is 0.217. The number of amides is 1. The van der Waals surface area contributed by atoms with Gasteiger partial charge in [0.25, 0.3) is 0 Å². The number of hydrogen-bond donors (Lipinski definition) is 1. The van der Waals surface area contributed by atoms with Gasteiger partial charge < -0.3 is 10.2 Å². The zero-order valence-corrected chi connectivity index (χ0v) is 11.1. The summed E-state index contributed by atoms with van der Waals surface area (Å²) in [6.07, 6.45) is 5.18. The number of likely N-dealkylation sites (tertiary alicyclic amines) is 1. The van der Waals surface area contributed by atoms with Crippen molar-refractivity contribution in [1.82, 2.24) is 20.0 Å². The standard InChI is InChI=1S/C13H22N4O/c1-2-7-17-12(5-6-15-17)10-14-11-13(18)16-8-3-4-9-16/h5-6,14H,2-4,7-11H2,1H3. The first-order chi connectivity index (χ1) is 8.81. The van der Waals surface area contributed by atoms with E-state index in [0.717, 1.165) is 44.6 Å². The van der Waals surface area contributed by atoms with Crippen molar-refractivity contribution in [3.05, 3.63) is 18.0 Å². The number of aromatic nitrogens is 2. The summed E-state index contributed by atoms with van der Waals surface area (Å²) in [7, 11) is 0. The summed E-state index contributed by atoms with van der Waals surface area (Å²) in [6, 6.07) is 2.00. The molecule has 100 valence electrons. The first-order valence-electron chi connectivity index (χ1n) is 6.80. The minimum Gasteiger partial charge on any atom is -0.342 e. The molecule has 0 aliphatic carbocycles. The van der Waals surface area contributed by atoms with Crippen LogP contribution in [0.5, 0.6) is 0 Å². The van der Waals surface area contributed by atoms with Crippen LogP contribution in [0.1, 0.15) is 31.9 Å². The van der Waals surface area contributed by atoms with Crippen LogP contribution in [0.3, 0.4) is 0 Å². The van der Waals surface area contributed by atoms with E-state index in [-0.39, 0.29) is 5.91 Å². The van der Waals surface area contributed by atoms with Crippen molar-refractivity contribution in [3.8, 4) is 0 Å². The molecule has 2 heterocycles. The third kappa shape index (κ3) is 3.32. The number of aryl methyl sites for hydroxylation is 1. The zero-order valence-electron chi connectivity index (χ0n) is 11.1. The molecule has 0 saturated carbocycles. The van der Waals surface area contributed by atoms with Crippen molar-refractivity contribution in [3.63, 3.8) is 0 Å². The quantitative estimate of drug-likeness (QED) is 0.819. The maximum absolute atomic E-state index is 11.8. The second-order valence-corrected chi connectivity index (χ2v) is 4.74. The molecule has 1 aromatic rings. The van der Waals surface area contributed by atoms with Crippen molar-refractivity contribution < 1.29 is 4.79 Å². The molecule has 1 fully saturated rings. The number of nitrogens with one attached hydrogen (secondary N) is 1. The summed E-state index contributed by atoms with van der Waals surface area (Å²) >= 11 is 0. The summed E-state index contributed by atoms with van der Waals surface area (Å²) in [5, 5.41) is 7.47. The predicted octanol–water partition coefficient (Wildman–Crippen LogP) is 1.01. The Morgan fingerprint density at radius 1 is 1.44 bits per heavy atom. The number of nitrogens with zero attached hydrogens (tertiary/aromatic N) is 3. The summed E-state index contributed by atoms with van der Waals surface area (Å²) in [6.45, 7) is 6.05. The summed E-state index contributed by atoms with van der Waals surface area (Å²) in [4.78, 5) is 13.8. The van der Waals surface area contributed by atoms with Gasteiger partial charge in [0.1, 0.15) is 0 Å². The Labute approximate surface area is 108 Å². The summed E-state index contributed by atoms with van der Waals surface area (Å²) in [5.74, 6) is 0.217. The maximum Gasteiger partial charge on any atom is 0.236 e. The highest BCUT2D eigenvalue weighted by atomic mass is 16.2. The highest BCUT2D eigenvalue weighted by Crippen LogP contribution is 2.07. The number of rotatable bonds is 6. The number of carbonyl (C=O) groups is 1. The summed E-state index contributed by atoms with van der Waals surface area (Å²) < 4.78 is 1.99. The Morgan fingerprint density at radius 3 is 2.94 bits per heavy atom. The predicted molar refractivity (Wildman–Crippen MR) is 70.0 cm³/mol. The molecule has 1 amide bonds. The van der Waals surface area contributed by atoms with Crippen molar-refractivity contribution in [2.24, 2.45) is 0 Å². The van der Waals surface area contributed by atoms with Crippen LogP contribution in [0.25, 0.3) is 0 Å². The Bertz CT molecular complexity index is 382. The molecule has 1 N–H and O–H groups in total. The largest absolute Gasteiger partial charge is 0.342 e. The zero-order chi connectivity index (χ0) is 12.8. The van der Waals surface area contributed by atoms with E-state index in [1.165, 1.54) is 0 Å². The molecule has 1 aliphatic rings. The molecule has 18 heavy (non-hydrogen) atoms. The third-order valence-electron chi connectivity index (χ3n) is 3.28. The van der Waals surface area contributed by atoms with Crippen molar-refractivity contribution >= 4 is 5.91 Å². The molecule has 1 aliphatic heterocycles. The van der Waals surface area contributed by atoms with Gasteiger partial charge in [-0.25, -0.2) is 0 Å². The molecule has 0 aromatic carbocycles. The van der Waals surface area contributed by atoms with Gasteiger partial charge in [-0.15, -0.1) is 0 Å². The smallest absolute Gasteiger partial charge is 0.236 e. The van der Waals surface area contributed by atoms with Crippen molar-refractivity contribution in [2.45, 2.75) is 39.3 Å². The summed E-state index contributed by atoms with van der Waals surface area (Å²) in [5.41, 5.74) is 1.14. The van der Waals surface area contributed by atoms with Gasteiger partial charge in [0.05, 0.1) is 12.2 Å². The molecule has 5 heteroatoms. The molecule has 0 spiro atoms. The van der Waals surface area contributed by atoms with Gasteiger partial charge in [-0.2, -0.15) is 5.10 Å². The van der Waals surface area contributed by atoms with E-state index in [9.17, 15) is 4.79 Å². The van der Waals surface area contributed by atoms with Gasteiger partial charge >= 0.3 is 0 Å². The average molecular weight is 250 g/mol. The van der Waals surface area contributed by atoms with Gasteiger partial charge in [0, 0.05) is 32.4 Å². The number of hydrogen-bond acceptors (Lipinski definition) is 3. The highest BCUT2D eigenvalue weighted by Gasteiger charge is 2.17. The van der Waals surface area contributed by atoms with Gasteiger partial charge in [-0.1, -0.05) is 6.92 Å². The molecule has 0 bridgehead atoms. The fraction of sp³-hybridized carbons (Fsp3) is 0.692. The normalized spacial score (nSPS) is 15.3. The SMILES string of the molecule is CCCn1nccc1CNCC(=O)N1CCCC1. The molecule has 0 atom stereocenters. The molecular formula is C13H22N4O. The molecular weight excluding hydrogens is 228 g/mol. The third-order valence-corrected chi connectivity index (χ3v) is 3.28. The first-order valence-corrected chi connectivity index (χ1v) is 6.80. The van der Waals surface area contributed by atoms with Crippen molar-refractivity contribution in [2.75, 3.05) is 19.6 Å². The molecule has 2 rings (SSSR count). The van der Waals surface area contributed by atoms with E-state index in [1.54, 1.807) is 0 Å². The van der Waals surface area contributed by atoms with E-state index < -0.39 is 0 Å². The molecule has 0 unspecified atom stereocenters. The molecule has 1 saturated heterocycles. The van der Waals surface area contributed by atoms with E-state index >= 15 is 0 Å². The van der Waals surface area contributed by atoms with Gasteiger partial charge in [-0.3, -0.25) is 9.48 Å². The van der Waals surface area contributed by atoms with Crippen LogP contribution in [0, 0.1) is 0 Å². The highest BCUT2D eigenvalue weighted by molar-refractivity contribution is 5.78.